The number of amides is 2. The van der Waals surface area contributed by atoms with Gasteiger partial charge in [0.25, 0.3) is 34.6 Å². The van der Waals surface area contributed by atoms with Crippen LogP contribution < -0.4 is 10.6 Å². The average molecular weight is 559 g/mol. The molecular weight excluding hydrogens is 532 g/mol. The molecule has 1 aliphatic carbocycles. The number of hydrogen-bond acceptors (Lipinski definition) is 10. The van der Waals surface area contributed by atoms with Gasteiger partial charge in [-0.3, -0.25) is 50.0 Å². The lowest BCUT2D eigenvalue weighted by molar-refractivity contribution is -0.394. The van der Waals surface area contributed by atoms with E-state index in [1.54, 1.807) is 0 Å². The Morgan fingerprint density at radius 3 is 1.70 bits per heavy atom. The molecule has 3 rings (SSSR count). The van der Waals surface area contributed by atoms with Gasteiger partial charge in [0.05, 0.1) is 31.8 Å². The van der Waals surface area contributed by atoms with E-state index in [0.717, 1.165) is 30.3 Å². The van der Waals surface area contributed by atoms with E-state index in [1.807, 2.05) is 20.8 Å². The number of benzene rings is 2. The van der Waals surface area contributed by atoms with Crippen LogP contribution in [-0.4, -0.2) is 44.1 Å². The number of nitro groups is 4. The Bertz CT molecular complexity index is 1420. The van der Waals surface area contributed by atoms with E-state index in [0.29, 0.717) is 25.3 Å². The first-order valence-corrected chi connectivity index (χ1v) is 12.0. The molecule has 0 heterocycles. The van der Waals surface area contributed by atoms with Gasteiger partial charge < -0.3 is 10.6 Å². The second-order valence-electron chi connectivity index (χ2n) is 10.8. The number of rotatable bonds is 9. The summed E-state index contributed by atoms with van der Waals surface area (Å²) in [6, 6.07) is 4.98. The second kappa shape index (κ2) is 11.0. The van der Waals surface area contributed by atoms with Crippen LogP contribution >= 0.6 is 0 Å². The summed E-state index contributed by atoms with van der Waals surface area (Å²) >= 11 is 0. The molecule has 212 valence electrons. The Morgan fingerprint density at radius 1 is 0.775 bits per heavy atom. The average Bonchev–Trinajstić information content (AvgIpc) is 2.85. The molecule has 2 amide bonds. The van der Waals surface area contributed by atoms with Crippen LogP contribution in [0.15, 0.2) is 36.4 Å². The molecule has 1 fully saturated rings. The van der Waals surface area contributed by atoms with Crippen LogP contribution in [0, 0.1) is 51.3 Å². The standard InChI is InChI=1S/C24H26N6O10/c1-23(2)10-14(26-22(32)18-7-5-16(28(35)36)9-20(18)30(39)40)11-24(3,12-23)13-25-21(31)17-6-4-15(27(33)34)8-19(17)29(37)38/h4-9,14H,10-13H2,1-3H3,(H,25,31)(H,26,32)/t14-,24-/m1/s1. The first-order chi connectivity index (χ1) is 18.5. The molecular formula is C24H26N6O10. The summed E-state index contributed by atoms with van der Waals surface area (Å²) in [5.41, 5.74) is -4.13. The van der Waals surface area contributed by atoms with Crippen LogP contribution in [0.2, 0.25) is 0 Å². The van der Waals surface area contributed by atoms with E-state index in [1.165, 1.54) is 0 Å². The van der Waals surface area contributed by atoms with Crippen molar-refractivity contribution in [2.45, 2.75) is 46.1 Å². The third-order valence-corrected chi connectivity index (χ3v) is 6.72. The highest BCUT2D eigenvalue weighted by atomic mass is 16.6. The maximum absolute atomic E-state index is 13.0. The van der Waals surface area contributed by atoms with E-state index >= 15 is 0 Å². The van der Waals surface area contributed by atoms with Gasteiger partial charge >= 0.3 is 0 Å². The zero-order valence-electron chi connectivity index (χ0n) is 21.7. The predicted molar refractivity (Wildman–Crippen MR) is 139 cm³/mol. The molecule has 0 radical (unpaired) electrons. The molecule has 1 saturated carbocycles. The number of carbonyl (C=O) groups excluding carboxylic acids is 2. The fraction of sp³-hybridized carbons (Fsp3) is 0.417. The number of nitrogens with one attached hydrogen (secondary N) is 2. The van der Waals surface area contributed by atoms with Gasteiger partial charge in [0.2, 0.25) is 0 Å². The lowest BCUT2D eigenvalue weighted by Gasteiger charge is -2.47. The van der Waals surface area contributed by atoms with Crippen molar-refractivity contribution < 1.29 is 29.3 Å². The SMILES string of the molecule is CC1(C)C[C@@H](NC(=O)c2ccc([N+](=O)[O-])cc2[N+](=O)[O-])C[C@@](C)(CNC(=O)c2ccc([N+](=O)[O-])cc2[N+](=O)[O-])C1. The van der Waals surface area contributed by atoms with Crippen molar-refractivity contribution in [2.75, 3.05) is 6.54 Å². The minimum atomic E-state index is -0.879. The van der Waals surface area contributed by atoms with Crippen molar-refractivity contribution >= 4 is 34.6 Å². The molecule has 16 nitrogen and oxygen atoms in total. The van der Waals surface area contributed by atoms with E-state index < -0.39 is 65.7 Å². The summed E-state index contributed by atoms with van der Waals surface area (Å²) < 4.78 is 0. The van der Waals surface area contributed by atoms with E-state index in [9.17, 15) is 50.0 Å². The van der Waals surface area contributed by atoms with Gasteiger partial charge in [-0.15, -0.1) is 0 Å². The Kier molecular flexibility index (Phi) is 8.12. The minimum absolute atomic E-state index is 0.0491. The van der Waals surface area contributed by atoms with Gasteiger partial charge in [-0.1, -0.05) is 20.8 Å². The largest absolute Gasteiger partial charge is 0.351 e. The van der Waals surface area contributed by atoms with Gasteiger partial charge in [0.15, 0.2) is 0 Å². The molecule has 2 aromatic carbocycles. The van der Waals surface area contributed by atoms with Crippen molar-refractivity contribution in [1.82, 2.24) is 10.6 Å². The summed E-state index contributed by atoms with van der Waals surface area (Å²) in [4.78, 5) is 67.4. The molecule has 2 aromatic rings. The Labute approximate surface area is 226 Å². The normalized spacial score (nSPS) is 19.7. The van der Waals surface area contributed by atoms with Crippen molar-refractivity contribution in [2.24, 2.45) is 10.8 Å². The maximum atomic E-state index is 13.0. The van der Waals surface area contributed by atoms with Gasteiger partial charge in [-0.25, -0.2) is 0 Å². The predicted octanol–water partition coefficient (Wildman–Crippen LogP) is 4.06. The molecule has 16 heteroatoms. The number of hydrogen-bond donors (Lipinski definition) is 2. The molecule has 40 heavy (non-hydrogen) atoms. The van der Waals surface area contributed by atoms with E-state index in [-0.39, 0.29) is 23.1 Å². The van der Waals surface area contributed by atoms with Crippen LogP contribution in [0.25, 0.3) is 0 Å². The van der Waals surface area contributed by atoms with Crippen molar-refractivity contribution in [3.8, 4) is 0 Å². The summed E-state index contributed by atoms with van der Waals surface area (Å²) in [6.07, 6.45) is 1.43. The Balaban J connectivity index is 1.78. The summed E-state index contributed by atoms with van der Waals surface area (Å²) in [5, 5.41) is 50.3. The zero-order valence-corrected chi connectivity index (χ0v) is 21.7. The third-order valence-electron chi connectivity index (χ3n) is 6.72. The molecule has 0 unspecified atom stereocenters. The van der Waals surface area contributed by atoms with Crippen LogP contribution in [-0.2, 0) is 0 Å². The maximum Gasteiger partial charge on any atom is 0.289 e. The first-order valence-electron chi connectivity index (χ1n) is 12.0. The van der Waals surface area contributed by atoms with E-state index in [2.05, 4.69) is 10.6 Å². The monoisotopic (exact) mass is 558 g/mol. The highest BCUT2D eigenvalue weighted by molar-refractivity contribution is 5.99. The highest BCUT2D eigenvalue weighted by Crippen LogP contribution is 2.46. The number of nitrogens with zero attached hydrogens (tertiary/aromatic N) is 4. The van der Waals surface area contributed by atoms with Gasteiger partial charge in [-0.05, 0) is 42.2 Å². The Hall–Kier alpha value is -5.02. The fourth-order valence-corrected chi connectivity index (χ4v) is 5.48. The summed E-state index contributed by atoms with van der Waals surface area (Å²) in [7, 11) is 0. The lowest BCUT2D eigenvalue weighted by atomic mass is 9.62. The fourth-order valence-electron chi connectivity index (χ4n) is 5.48. The second-order valence-corrected chi connectivity index (χ2v) is 10.8. The zero-order chi connectivity index (χ0) is 30.0. The smallest absolute Gasteiger partial charge is 0.289 e. The number of non-ortho nitro benzene ring substituents is 2. The lowest BCUT2D eigenvalue weighted by Crippen LogP contribution is -2.50. The third kappa shape index (κ3) is 6.69. The number of nitro benzene ring substituents is 4. The van der Waals surface area contributed by atoms with Gasteiger partial charge in [-0.2, -0.15) is 0 Å². The summed E-state index contributed by atoms with van der Waals surface area (Å²) in [5.74, 6) is -1.58. The summed E-state index contributed by atoms with van der Waals surface area (Å²) in [6.45, 7) is 5.79. The van der Waals surface area contributed by atoms with Crippen LogP contribution in [0.4, 0.5) is 22.7 Å². The van der Waals surface area contributed by atoms with Gasteiger partial charge in [0, 0.05) is 24.7 Å². The van der Waals surface area contributed by atoms with Crippen LogP contribution in [0.5, 0.6) is 0 Å². The van der Waals surface area contributed by atoms with Crippen molar-refractivity contribution in [1.29, 1.82) is 0 Å². The molecule has 0 saturated heterocycles. The molecule has 1 aliphatic rings. The molecule has 0 aliphatic heterocycles. The van der Waals surface area contributed by atoms with Crippen molar-refractivity contribution in [3.05, 3.63) is 88.0 Å². The topological polar surface area (TPSA) is 231 Å². The van der Waals surface area contributed by atoms with Crippen LogP contribution in [0.1, 0.15) is 60.7 Å². The van der Waals surface area contributed by atoms with Crippen LogP contribution in [0.3, 0.4) is 0 Å². The van der Waals surface area contributed by atoms with Crippen molar-refractivity contribution in [3.63, 3.8) is 0 Å². The molecule has 2 N–H and O–H groups in total. The molecule has 0 spiro atoms. The van der Waals surface area contributed by atoms with Gasteiger partial charge in [0.1, 0.15) is 11.1 Å². The quantitative estimate of drug-likeness (QED) is 0.331. The molecule has 2 atom stereocenters. The Morgan fingerprint density at radius 2 is 1.25 bits per heavy atom. The minimum Gasteiger partial charge on any atom is -0.351 e. The molecule has 0 aromatic heterocycles. The molecule has 0 bridgehead atoms. The first kappa shape index (κ1) is 29.5. The van der Waals surface area contributed by atoms with E-state index in [4.69, 9.17) is 0 Å². The highest BCUT2D eigenvalue weighted by Gasteiger charge is 2.42. The number of carbonyl (C=O) groups is 2.